The van der Waals surface area contributed by atoms with Gasteiger partial charge in [-0.2, -0.15) is 0 Å². The summed E-state index contributed by atoms with van der Waals surface area (Å²) in [4.78, 5) is 3.96. The van der Waals surface area contributed by atoms with Gasteiger partial charge < -0.3 is 11.1 Å². The van der Waals surface area contributed by atoms with Crippen LogP contribution in [0.2, 0.25) is 0 Å². The smallest absolute Gasteiger partial charge is 0.0739 e. The maximum absolute atomic E-state index is 5.83. The first kappa shape index (κ1) is 10.5. The van der Waals surface area contributed by atoms with Crippen molar-refractivity contribution >= 4 is 17.1 Å². The summed E-state index contributed by atoms with van der Waals surface area (Å²) in [5.74, 6) is 0. The van der Waals surface area contributed by atoms with Gasteiger partial charge in [-0.05, 0) is 37.1 Å². The highest BCUT2D eigenvalue weighted by Gasteiger charge is 2.02. The van der Waals surface area contributed by atoms with E-state index in [9.17, 15) is 0 Å². The van der Waals surface area contributed by atoms with Gasteiger partial charge >= 0.3 is 0 Å². The van der Waals surface area contributed by atoms with E-state index in [-0.39, 0.29) is 0 Å². The van der Waals surface area contributed by atoms with Gasteiger partial charge in [0, 0.05) is 11.9 Å². The average Bonchev–Trinajstić information content (AvgIpc) is 2.28. The van der Waals surface area contributed by atoms with Crippen molar-refractivity contribution in [2.24, 2.45) is 0 Å². The largest absolute Gasteiger partial charge is 0.396 e. The number of hydrogen-bond acceptors (Lipinski definition) is 3. The first-order valence-corrected chi connectivity index (χ1v) is 5.21. The number of nitrogens with one attached hydrogen (secondary N) is 1. The van der Waals surface area contributed by atoms with Crippen LogP contribution in [0.1, 0.15) is 11.1 Å². The Labute approximate surface area is 95.3 Å². The van der Waals surface area contributed by atoms with Gasteiger partial charge in [0.15, 0.2) is 0 Å². The zero-order valence-electron chi connectivity index (χ0n) is 9.49. The quantitative estimate of drug-likeness (QED) is 0.806. The number of nitrogen functional groups attached to an aromatic ring is 1. The minimum Gasteiger partial charge on any atom is -0.396 e. The summed E-state index contributed by atoms with van der Waals surface area (Å²) in [6.07, 6.45) is 3.37. The molecule has 3 heteroatoms. The molecule has 0 spiro atoms. The SMILES string of the molecule is Cc1cccc(Nc2ccncc2N)c1C. The number of anilines is 3. The molecule has 1 aromatic heterocycles. The first-order valence-electron chi connectivity index (χ1n) is 5.21. The van der Waals surface area contributed by atoms with Crippen LogP contribution < -0.4 is 11.1 Å². The first-order chi connectivity index (χ1) is 7.68. The average molecular weight is 213 g/mol. The summed E-state index contributed by atoms with van der Waals surface area (Å²) < 4.78 is 0. The van der Waals surface area contributed by atoms with Crippen molar-refractivity contribution in [3.8, 4) is 0 Å². The van der Waals surface area contributed by atoms with Crippen molar-refractivity contribution in [3.63, 3.8) is 0 Å². The third-order valence-corrected chi connectivity index (χ3v) is 2.73. The van der Waals surface area contributed by atoms with Gasteiger partial charge in [0.25, 0.3) is 0 Å². The van der Waals surface area contributed by atoms with Gasteiger partial charge in [0.1, 0.15) is 0 Å². The number of hydrogen-bond donors (Lipinski definition) is 2. The van der Waals surface area contributed by atoms with Crippen molar-refractivity contribution in [2.75, 3.05) is 11.1 Å². The van der Waals surface area contributed by atoms with Crippen molar-refractivity contribution < 1.29 is 0 Å². The summed E-state index contributed by atoms with van der Waals surface area (Å²) in [6, 6.07) is 8.04. The Hall–Kier alpha value is -2.03. The van der Waals surface area contributed by atoms with E-state index in [1.165, 1.54) is 11.1 Å². The minimum atomic E-state index is 0.656. The predicted octanol–water partition coefficient (Wildman–Crippen LogP) is 3.02. The number of nitrogens with two attached hydrogens (primary N) is 1. The topological polar surface area (TPSA) is 50.9 Å². The van der Waals surface area contributed by atoms with Crippen molar-refractivity contribution in [3.05, 3.63) is 47.8 Å². The lowest BCUT2D eigenvalue weighted by Gasteiger charge is -2.12. The molecule has 3 nitrogen and oxygen atoms in total. The molecule has 0 unspecified atom stereocenters. The summed E-state index contributed by atoms with van der Waals surface area (Å²) in [6.45, 7) is 4.19. The number of benzene rings is 1. The van der Waals surface area contributed by atoms with E-state index in [1.54, 1.807) is 12.4 Å². The molecule has 1 aromatic carbocycles. The Morgan fingerprint density at radius 2 is 1.94 bits per heavy atom. The van der Waals surface area contributed by atoms with Crippen molar-refractivity contribution in [1.29, 1.82) is 0 Å². The standard InChI is InChI=1S/C13H15N3/c1-9-4-3-5-12(10(9)2)16-13-6-7-15-8-11(13)14/h3-8H,14H2,1-2H3,(H,15,16). The number of pyridine rings is 1. The van der Waals surface area contributed by atoms with Crippen LogP contribution in [0.15, 0.2) is 36.7 Å². The molecule has 82 valence electrons. The molecule has 0 saturated carbocycles. The molecule has 0 amide bonds. The van der Waals surface area contributed by atoms with Crippen LogP contribution in [0.4, 0.5) is 17.1 Å². The van der Waals surface area contributed by atoms with Gasteiger partial charge in [-0.3, -0.25) is 4.98 Å². The second kappa shape index (κ2) is 4.23. The van der Waals surface area contributed by atoms with Gasteiger partial charge in [-0.25, -0.2) is 0 Å². The van der Waals surface area contributed by atoms with Gasteiger partial charge in [0.05, 0.1) is 17.6 Å². The lowest BCUT2D eigenvalue weighted by atomic mass is 10.1. The van der Waals surface area contributed by atoms with Crippen molar-refractivity contribution in [2.45, 2.75) is 13.8 Å². The molecule has 3 N–H and O–H groups in total. The zero-order chi connectivity index (χ0) is 11.5. The highest BCUT2D eigenvalue weighted by molar-refractivity contribution is 5.73. The molecule has 0 aliphatic rings. The normalized spacial score (nSPS) is 10.1. The van der Waals surface area contributed by atoms with Gasteiger partial charge in [-0.1, -0.05) is 12.1 Å². The lowest BCUT2D eigenvalue weighted by molar-refractivity contribution is 1.31. The molecule has 0 atom stereocenters. The summed E-state index contributed by atoms with van der Waals surface area (Å²) in [5.41, 5.74) is 11.0. The Balaban J connectivity index is 2.35. The molecule has 0 aliphatic heterocycles. The Morgan fingerprint density at radius 3 is 2.69 bits per heavy atom. The summed E-state index contributed by atoms with van der Waals surface area (Å²) >= 11 is 0. The third-order valence-electron chi connectivity index (χ3n) is 2.73. The monoisotopic (exact) mass is 213 g/mol. The van der Waals surface area contributed by atoms with E-state index in [1.807, 2.05) is 18.2 Å². The van der Waals surface area contributed by atoms with Crippen LogP contribution in [0.5, 0.6) is 0 Å². The zero-order valence-corrected chi connectivity index (χ0v) is 9.49. The van der Waals surface area contributed by atoms with Gasteiger partial charge in [0.2, 0.25) is 0 Å². The maximum atomic E-state index is 5.83. The van der Waals surface area contributed by atoms with Crippen LogP contribution in [0.3, 0.4) is 0 Å². The minimum absolute atomic E-state index is 0.656. The Morgan fingerprint density at radius 1 is 1.12 bits per heavy atom. The van der Waals surface area contributed by atoms with E-state index in [0.717, 1.165) is 11.4 Å². The highest BCUT2D eigenvalue weighted by atomic mass is 14.9. The summed E-state index contributed by atoms with van der Waals surface area (Å²) in [7, 11) is 0. The van der Waals surface area contributed by atoms with Crippen LogP contribution in [0, 0.1) is 13.8 Å². The second-order valence-electron chi connectivity index (χ2n) is 3.84. The second-order valence-corrected chi connectivity index (χ2v) is 3.84. The van der Waals surface area contributed by atoms with E-state index in [4.69, 9.17) is 5.73 Å². The van der Waals surface area contributed by atoms with Crippen LogP contribution >= 0.6 is 0 Å². The molecule has 2 aromatic rings. The molecule has 0 radical (unpaired) electrons. The molecular weight excluding hydrogens is 198 g/mol. The molecule has 1 heterocycles. The number of aromatic nitrogens is 1. The van der Waals surface area contributed by atoms with Gasteiger partial charge in [-0.15, -0.1) is 0 Å². The number of aryl methyl sites for hydroxylation is 1. The fourth-order valence-corrected chi connectivity index (χ4v) is 1.55. The molecule has 0 aliphatic carbocycles. The van der Waals surface area contributed by atoms with E-state index in [2.05, 4.69) is 30.2 Å². The van der Waals surface area contributed by atoms with E-state index >= 15 is 0 Å². The van der Waals surface area contributed by atoms with E-state index in [0.29, 0.717) is 5.69 Å². The fraction of sp³-hybridized carbons (Fsp3) is 0.154. The molecule has 0 bridgehead atoms. The number of rotatable bonds is 2. The molecular formula is C13H15N3. The molecule has 16 heavy (non-hydrogen) atoms. The van der Waals surface area contributed by atoms with Crippen LogP contribution in [-0.2, 0) is 0 Å². The third kappa shape index (κ3) is 1.98. The van der Waals surface area contributed by atoms with Crippen molar-refractivity contribution in [1.82, 2.24) is 4.98 Å². The van der Waals surface area contributed by atoms with Crippen LogP contribution in [0.25, 0.3) is 0 Å². The molecule has 0 fully saturated rings. The van der Waals surface area contributed by atoms with E-state index < -0.39 is 0 Å². The Kier molecular flexibility index (Phi) is 2.77. The van der Waals surface area contributed by atoms with Crippen LogP contribution in [-0.4, -0.2) is 4.98 Å². The predicted molar refractivity (Wildman–Crippen MR) is 67.8 cm³/mol. The lowest BCUT2D eigenvalue weighted by Crippen LogP contribution is -1.98. The maximum Gasteiger partial charge on any atom is 0.0739 e. The Bertz CT molecular complexity index is 506. The fourth-order valence-electron chi connectivity index (χ4n) is 1.55. The highest BCUT2D eigenvalue weighted by Crippen LogP contribution is 2.25. The molecule has 0 saturated heterocycles. The number of nitrogens with zero attached hydrogens (tertiary/aromatic N) is 1. The molecule has 2 rings (SSSR count). The summed E-state index contributed by atoms with van der Waals surface area (Å²) in [5, 5.41) is 3.32.